The SMILES string of the molecule is Clc1ncc(-c2ccsc2)c(Cl)n1. The van der Waals surface area contributed by atoms with Gasteiger partial charge in [-0.1, -0.05) is 11.6 Å². The zero-order chi connectivity index (χ0) is 9.26. The van der Waals surface area contributed by atoms with E-state index in [0.717, 1.165) is 11.1 Å². The van der Waals surface area contributed by atoms with Crippen molar-refractivity contribution in [1.29, 1.82) is 0 Å². The Kier molecular flexibility index (Phi) is 2.49. The Morgan fingerprint density at radius 2 is 2.15 bits per heavy atom. The molecule has 0 N–H and O–H groups in total. The van der Waals surface area contributed by atoms with Crippen LogP contribution >= 0.6 is 34.5 Å². The number of aromatic nitrogens is 2. The predicted octanol–water partition coefficient (Wildman–Crippen LogP) is 3.51. The zero-order valence-electron chi connectivity index (χ0n) is 6.37. The summed E-state index contributed by atoms with van der Waals surface area (Å²) < 4.78 is 0. The molecule has 0 spiro atoms. The molecule has 0 aliphatic carbocycles. The second-order valence-electron chi connectivity index (χ2n) is 2.36. The topological polar surface area (TPSA) is 25.8 Å². The van der Waals surface area contributed by atoms with Gasteiger partial charge in [-0.05, 0) is 34.0 Å². The van der Waals surface area contributed by atoms with Crippen LogP contribution in [0.4, 0.5) is 0 Å². The van der Waals surface area contributed by atoms with E-state index in [-0.39, 0.29) is 5.28 Å². The average molecular weight is 231 g/mol. The standard InChI is InChI=1S/C8H4Cl2N2S/c9-7-6(3-11-8(10)12-7)5-1-2-13-4-5/h1-4H. The molecule has 0 aromatic carbocycles. The number of hydrogen-bond acceptors (Lipinski definition) is 3. The van der Waals surface area contributed by atoms with E-state index in [9.17, 15) is 0 Å². The molecule has 2 aromatic rings. The number of nitrogens with zero attached hydrogens (tertiary/aromatic N) is 2. The van der Waals surface area contributed by atoms with Crippen LogP contribution < -0.4 is 0 Å². The Hall–Kier alpha value is -0.640. The minimum Gasteiger partial charge on any atom is -0.226 e. The maximum absolute atomic E-state index is 5.89. The maximum atomic E-state index is 5.89. The van der Waals surface area contributed by atoms with E-state index in [1.54, 1.807) is 17.5 Å². The normalized spacial score (nSPS) is 10.3. The molecule has 0 atom stereocenters. The Bertz CT molecular complexity index is 414. The highest BCUT2D eigenvalue weighted by atomic mass is 35.5. The Morgan fingerprint density at radius 3 is 2.77 bits per heavy atom. The van der Waals surface area contributed by atoms with Gasteiger partial charge in [0.15, 0.2) is 0 Å². The molecule has 5 heteroatoms. The molecule has 2 nitrogen and oxygen atoms in total. The van der Waals surface area contributed by atoms with Gasteiger partial charge in [-0.3, -0.25) is 0 Å². The minimum atomic E-state index is 0.170. The largest absolute Gasteiger partial charge is 0.226 e. The predicted molar refractivity (Wildman–Crippen MR) is 55.4 cm³/mol. The molecule has 0 fully saturated rings. The number of rotatable bonds is 1. The molecule has 2 heterocycles. The van der Waals surface area contributed by atoms with Crippen molar-refractivity contribution < 1.29 is 0 Å². The fraction of sp³-hybridized carbons (Fsp3) is 0. The van der Waals surface area contributed by atoms with E-state index in [1.807, 2.05) is 16.8 Å². The molecular formula is C8H4Cl2N2S. The Labute approximate surface area is 89.2 Å². The van der Waals surface area contributed by atoms with Crippen molar-refractivity contribution in [3.8, 4) is 11.1 Å². The first kappa shape index (κ1) is 8.94. The van der Waals surface area contributed by atoms with E-state index in [1.165, 1.54) is 0 Å². The zero-order valence-corrected chi connectivity index (χ0v) is 8.70. The van der Waals surface area contributed by atoms with Crippen molar-refractivity contribution in [3.63, 3.8) is 0 Å². The molecular weight excluding hydrogens is 227 g/mol. The molecule has 0 aliphatic heterocycles. The number of hydrogen-bond donors (Lipinski definition) is 0. The van der Waals surface area contributed by atoms with Crippen LogP contribution in [-0.2, 0) is 0 Å². The summed E-state index contributed by atoms with van der Waals surface area (Å²) in [6, 6.07) is 1.96. The highest BCUT2D eigenvalue weighted by Crippen LogP contribution is 2.27. The van der Waals surface area contributed by atoms with Crippen LogP contribution in [0.15, 0.2) is 23.0 Å². The van der Waals surface area contributed by atoms with Crippen LogP contribution in [-0.4, -0.2) is 9.97 Å². The fourth-order valence-corrected chi connectivity index (χ4v) is 2.02. The molecule has 0 bridgehead atoms. The fourth-order valence-electron chi connectivity index (χ4n) is 0.953. The molecule has 0 saturated heterocycles. The van der Waals surface area contributed by atoms with Crippen LogP contribution in [0.2, 0.25) is 10.4 Å². The van der Waals surface area contributed by atoms with E-state index >= 15 is 0 Å². The first-order chi connectivity index (χ1) is 6.27. The summed E-state index contributed by atoms with van der Waals surface area (Å²) in [5, 5.41) is 4.51. The molecule has 0 radical (unpaired) electrons. The molecule has 0 unspecified atom stereocenters. The van der Waals surface area contributed by atoms with Crippen molar-refractivity contribution in [1.82, 2.24) is 9.97 Å². The van der Waals surface area contributed by atoms with Gasteiger partial charge in [-0.25, -0.2) is 9.97 Å². The second-order valence-corrected chi connectivity index (χ2v) is 3.83. The van der Waals surface area contributed by atoms with Crippen molar-refractivity contribution in [2.75, 3.05) is 0 Å². The van der Waals surface area contributed by atoms with Gasteiger partial charge in [-0.15, -0.1) is 0 Å². The van der Waals surface area contributed by atoms with Crippen molar-refractivity contribution in [2.45, 2.75) is 0 Å². The molecule has 13 heavy (non-hydrogen) atoms. The highest BCUT2D eigenvalue weighted by molar-refractivity contribution is 7.08. The van der Waals surface area contributed by atoms with Crippen molar-refractivity contribution in [2.24, 2.45) is 0 Å². The lowest BCUT2D eigenvalue weighted by Gasteiger charge is -1.99. The van der Waals surface area contributed by atoms with Crippen molar-refractivity contribution in [3.05, 3.63) is 33.5 Å². The van der Waals surface area contributed by atoms with E-state index in [4.69, 9.17) is 23.2 Å². The van der Waals surface area contributed by atoms with Crippen LogP contribution in [0.3, 0.4) is 0 Å². The van der Waals surface area contributed by atoms with Gasteiger partial charge in [0, 0.05) is 11.8 Å². The third kappa shape index (κ3) is 1.82. The van der Waals surface area contributed by atoms with Gasteiger partial charge in [0.1, 0.15) is 5.15 Å². The van der Waals surface area contributed by atoms with E-state index in [2.05, 4.69) is 9.97 Å². The smallest absolute Gasteiger partial charge is 0.223 e. The van der Waals surface area contributed by atoms with Gasteiger partial charge in [0.2, 0.25) is 5.28 Å². The number of halogens is 2. The lowest BCUT2D eigenvalue weighted by atomic mass is 10.2. The summed E-state index contributed by atoms with van der Waals surface area (Å²) in [5.41, 5.74) is 1.83. The quantitative estimate of drug-likeness (QED) is 0.554. The van der Waals surface area contributed by atoms with E-state index in [0.29, 0.717) is 5.15 Å². The lowest BCUT2D eigenvalue weighted by molar-refractivity contribution is 1.17. The summed E-state index contributed by atoms with van der Waals surface area (Å²) in [7, 11) is 0. The summed E-state index contributed by atoms with van der Waals surface area (Å²) >= 11 is 13.1. The Morgan fingerprint density at radius 1 is 1.31 bits per heavy atom. The molecule has 2 aromatic heterocycles. The average Bonchev–Trinajstić information content (AvgIpc) is 2.56. The minimum absolute atomic E-state index is 0.170. The number of thiophene rings is 1. The monoisotopic (exact) mass is 230 g/mol. The van der Waals surface area contributed by atoms with Crippen LogP contribution in [0, 0.1) is 0 Å². The summed E-state index contributed by atoms with van der Waals surface area (Å²) in [6.45, 7) is 0. The molecule has 0 amide bonds. The van der Waals surface area contributed by atoms with E-state index < -0.39 is 0 Å². The van der Waals surface area contributed by atoms with Gasteiger partial charge >= 0.3 is 0 Å². The maximum Gasteiger partial charge on any atom is 0.223 e. The van der Waals surface area contributed by atoms with Crippen molar-refractivity contribution >= 4 is 34.5 Å². The van der Waals surface area contributed by atoms with Crippen LogP contribution in [0.25, 0.3) is 11.1 Å². The highest BCUT2D eigenvalue weighted by Gasteiger charge is 2.06. The van der Waals surface area contributed by atoms with Crippen LogP contribution in [0.1, 0.15) is 0 Å². The summed E-state index contributed by atoms with van der Waals surface area (Å²) in [6.07, 6.45) is 1.62. The first-order valence-electron chi connectivity index (χ1n) is 3.48. The second kappa shape index (κ2) is 3.62. The molecule has 66 valence electrons. The third-order valence-corrected chi connectivity index (χ3v) is 2.70. The van der Waals surface area contributed by atoms with Gasteiger partial charge in [0.25, 0.3) is 0 Å². The van der Waals surface area contributed by atoms with Gasteiger partial charge in [-0.2, -0.15) is 11.3 Å². The first-order valence-corrected chi connectivity index (χ1v) is 5.18. The molecule has 0 saturated carbocycles. The third-order valence-electron chi connectivity index (χ3n) is 1.55. The molecule has 2 rings (SSSR count). The molecule has 0 aliphatic rings. The summed E-state index contributed by atoms with van der Waals surface area (Å²) in [4.78, 5) is 7.72. The summed E-state index contributed by atoms with van der Waals surface area (Å²) in [5.74, 6) is 0. The van der Waals surface area contributed by atoms with Gasteiger partial charge < -0.3 is 0 Å². The Balaban J connectivity index is 2.53. The lowest BCUT2D eigenvalue weighted by Crippen LogP contribution is -1.85. The van der Waals surface area contributed by atoms with Gasteiger partial charge in [0.05, 0.1) is 0 Å². The van der Waals surface area contributed by atoms with Crippen LogP contribution in [0.5, 0.6) is 0 Å².